The van der Waals surface area contributed by atoms with Crippen molar-refractivity contribution in [2.75, 3.05) is 19.6 Å². The van der Waals surface area contributed by atoms with E-state index in [4.69, 9.17) is 0 Å². The average Bonchev–Trinajstić information content (AvgIpc) is 3.12. The minimum Gasteiger partial charge on any atom is -0.302 e. The van der Waals surface area contributed by atoms with Gasteiger partial charge < -0.3 is 4.90 Å². The fourth-order valence-electron chi connectivity index (χ4n) is 3.04. The van der Waals surface area contributed by atoms with E-state index in [2.05, 4.69) is 45.1 Å². The van der Waals surface area contributed by atoms with Gasteiger partial charge in [0.2, 0.25) is 0 Å². The van der Waals surface area contributed by atoms with Gasteiger partial charge in [-0.1, -0.05) is 34.5 Å². The minimum atomic E-state index is 0.498. The highest BCUT2D eigenvalue weighted by Gasteiger charge is 2.45. The lowest BCUT2D eigenvalue weighted by Crippen LogP contribution is -2.36. The van der Waals surface area contributed by atoms with E-state index in [0.29, 0.717) is 5.41 Å². The Kier molecular flexibility index (Phi) is 3.27. The average molecular weight is 294 g/mol. The Bertz CT molecular complexity index is 374. The molecular weight excluding hydrogens is 274 g/mol. The monoisotopic (exact) mass is 293 g/mol. The largest absolute Gasteiger partial charge is 0.302 e. The zero-order valence-electron chi connectivity index (χ0n) is 10.3. The first-order valence-corrected chi connectivity index (χ1v) is 7.56. The van der Waals surface area contributed by atoms with Crippen molar-refractivity contribution in [1.82, 2.24) is 4.90 Å². The van der Waals surface area contributed by atoms with Gasteiger partial charge in [-0.2, -0.15) is 0 Å². The first-order valence-electron chi connectivity index (χ1n) is 6.77. The van der Waals surface area contributed by atoms with Crippen LogP contribution in [0.5, 0.6) is 0 Å². The van der Waals surface area contributed by atoms with Crippen molar-refractivity contribution in [3.63, 3.8) is 0 Å². The number of likely N-dealkylation sites (tertiary alicyclic amines) is 1. The molecule has 0 N–H and O–H groups in total. The summed E-state index contributed by atoms with van der Waals surface area (Å²) in [4.78, 5) is 2.68. The maximum Gasteiger partial charge on any atom is 0.0175 e. The lowest BCUT2D eigenvalue weighted by molar-refractivity contribution is 0.209. The fraction of sp³-hybridized carbons (Fsp3) is 0.600. The first kappa shape index (κ1) is 11.7. The first-order chi connectivity index (χ1) is 8.28. The molecule has 0 bridgehead atoms. The maximum absolute atomic E-state index is 3.52. The van der Waals surface area contributed by atoms with E-state index in [1.807, 2.05) is 0 Å². The van der Waals surface area contributed by atoms with Crippen LogP contribution in [-0.2, 0) is 5.41 Å². The van der Waals surface area contributed by atoms with Gasteiger partial charge in [-0.3, -0.25) is 0 Å². The minimum absolute atomic E-state index is 0.498. The van der Waals surface area contributed by atoms with E-state index < -0.39 is 0 Å². The SMILES string of the molecule is Brc1ccc(C2(CN3CCCCC3)CC2)cc1. The molecule has 17 heavy (non-hydrogen) atoms. The summed E-state index contributed by atoms with van der Waals surface area (Å²) in [7, 11) is 0. The summed E-state index contributed by atoms with van der Waals surface area (Å²) in [5.41, 5.74) is 2.05. The number of rotatable bonds is 3. The topological polar surface area (TPSA) is 3.24 Å². The van der Waals surface area contributed by atoms with Gasteiger partial charge in [0.05, 0.1) is 0 Å². The second kappa shape index (κ2) is 4.74. The molecule has 1 aromatic carbocycles. The third-order valence-corrected chi connectivity index (χ3v) is 4.81. The second-order valence-electron chi connectivity index (χ2n) is 5.62. The van der Waals surface area contributed by atoms with Gasteiger partial charge in [-0.05, 0) is 56.5 Å². The molecule has 1 nitrogen and oxygen atoms in total. The third kappa shape index (κ3) is 2.58. The van der Waals surface area contributed by atoms with Crippen LogP contribution >= 0.6 is 15.9 Å². The van der Waals surface area contributed by atoms with Crippen LogP contribution in [0.4, 0.5) is 0 Å². The zero-order valence-corrected chi connectivity index (χ0v) is 11.9. The van der Waals surface area contributed by atoms with Gasteiger partial charge in [0.25, 0.3) is 0 Å². The third-order valence-electron chi connectivity index (χ3n) is 4.29. The summed E-state index contributed by atoms with van der Waals surface area (Å²) in [5.74, 6) is 0. The van der Waals surface area contributed by atoms with Crippen molar-refractivity contribution in [3.05, 3.63) is 34.3 Å². The summed E-state index contributed by atoms with van der Waals surface area (Å²) in [6.45, 7) is 3.92. The molecule has 0 unspecified atom stereocenters. The molecule has 2 fully saturated rings. The van der Waals surface area contributed by atoms with Crippen molar-refractivity contribution in [3.8, 4) is 0 Å². The van der Waals surface area contributed by atoms with Crippen LogP contribution in [0.1, 0.15) is 37.7 Å². The highest BCUT2D eigenvalue weighted by atomic mass is 79.9. The molecule has 0 aromatic heterocycles. The molecule has 1 aliphatic heterocycles. The summed E-state index contributed by atoms with van der Waals surface area (Å²) in [6, 6.07) is 8.99. The van der Waals surface area contributed by atoms with Crippen molar-refractivity contribution in [2.45, 2.75) is 37.5 Å². The number of hydrogen-bond acceptors (Lipinski definition) is 1. The normalized spacial score (nSPS) is 23.6. The Morgan fingerprint density at radius 2 is 1.65 bits per heavy atom. The number of piperidine rings is 1. The van der Waals surface area contributed by atoms with Gasteiger partial charge in [-0.15, -0.1) is 0 Å². The molecule has 1 aliphatic carbocycles. The molecule has 1 heterocycles. The van der Waals surface area contributed by atoms with Crippen molar-refractivity contribution < 1.29 is 0 Å². The van der Waals surface area contributed by atoms with E-state index >= 15 is 0 Å². The van der Waals surface area contributed by atoms with E-state index in [1.54, 1.807) is 5.56 Å². The molecule has 0 amide bonds. The molecule has 0 atom stereocenters. The number of benzene rings is 1. The molecule has 92 valence electrons. The predicted octanol–water partition coefficient (Wildman–Crippen LogP) is 3.97. The standard InChI is InChI=1S/C15H20BrN/c16-14-6-4-13(5-7-14)15(8-9-15)12-17-10-2-1-3-11-17/h4-7H,1-3,8-12H2. The Hall–Kier alpha value is -0.340. The summed E-state index contributed by atoms with van der Waals surface area (Å²) >= 11 is 3.52. The maximum atomic E-state index is 3.52. The number of hydrogen-bond donors (Lipinski definition) is 0. The quantitative estimate of drug-likeness (QED) is 0.815. The summed E-state index contributed by atoms with van der Waals surface area (Å²) in [6.07, 6.45) is 6.99. The molecule has 3 rings (SSSR count). The molecule has 0 spiro atoms. The Morgan fingerprint density at radius 3 is 2.24 bits per heavy atom. The molecule has 2 heteroatoms. The fourth-order valence-corrected chi connectivity index (χ4v) is 3.30. The molecule has 1 saturated heterocycles. The second-order valence-corrected chi connectivity index (χ2v) is 6.54. The highest BCUT2D eigenvalue weighted by Crippen LogP contribution is 2.49. The van der Waals surface area contributed by atoms with Gasteiger partial charge >= 0.3 is 0 Å². The van der Waals surface area contributed by atoms with Crippen LogP contribution in [0.15, 0.2) is 28.7 Å². The van der Waals surface area contributed by atoms with Crippen molar-refractivity contribution in [2.24, 2.45) is 0 Å². The number of nitrogens with zero attached hydrogens (tertiary/aromatic N) is 1. The molecular formula is C15H20BrN. The smallest absolute Gasteiger partial charge is 0.0175 e. The van der Waals surface area contributed by atoms with Crippen LogP contribution < -0.4 is 0 Å². The van der Waals surface area contributed by atoms with Crippen LogP contribution in [0.25, 0.3) is 0 Å². The molecule has 2 aliphatic rings. The van der Waals surface area contributed by atoms with Crippen LogP contribution in [0.2, 0.25) is 0 Å². The van der Waals surface area contributed by atoms with E-state index in [-0.39, 0.29) is 0 Å². The van der Waals surface area contributed by atoms with Crippen molar-refractivity contribution in [1.29, 1.82) is 0 Å². The van der Waals surface area contributed by atoms with Crippen LogP contribution in [0.3, 0.4) is 0 Å². The van der Waals surface area contributed by atoms with Gasteiger partial charge in [0.15, 0.2) is 0 Å². The highest BCUT2D eigenvalue weighted by molar-refractivity contribution is 9.10. The molecule has 0 radical (unpaired) electrons. The predicted molar refractivity (Wildman–Crippen MR) is 75.3 cm³/mol. The van der Waals surface area contributed by atoms with Crippen LogP contribution in [-0.4, -0.2) is 24.5 Å². The molecule has 1 aromatic rings. The van der Waals surface area contributed by atoms with Crippen molar-refractivity contribution >= 4 is 15.9 Å². The van der Waals surface area contributed by atoms with Gasteiger partial charge in [0, 0.05) is 16.4 Å². The van der Waals surface area contributed by atoms with E-state index in [9.17, 15) is 0 Å². The number of halogens is 1. The summed E-state index contributed by atoms with van der Waals surface area (Å²) in [5, 5.41) is 0. The Morgan fingerprint density at radius 1 is 1.00 bits per heavy atom. The molecule has 1 saturated carbocycles. The van der Waals surface area contributed by atoms with E-state index in [0.717, 1.165) is 0 Å². The zero-order chi connectivity index (χ0) is 11.7. The Balaban J connectivity index is 1.70. The van der Waals surface area contributed by atoms with Gasteiger partial charge in [0.1, 0.15) is 0 Å². The van der Waals surface area contributed by atoms with Crippen LogP contribution in [0, 0.1) is 0 Å². The van der Waals surface area contributed by atoms with Gasteiger partial charge in [-0.25, -0.2) is 0 Å². The lowest BCUT2D eigenvalue weighted by Gasteiger charge is -2.30. The summed E-state index contributed by atoms with van der Waals surface area (Å²) < 4.78 is 1.19. The van der Waals surface area contributed by atoms with E-state index in [1.165, 1.54) is 56.2 Å². The Labute approximate surface area is 112 Å². The lowest BCUT2D eigenvalue weighted by atomic mass is 9.94.